The summed E-state index contributed by atoms with van der Waals surface area (Å²) in [4.78, 5) is 9.75. The summed E-state index contributed by atoms with van der Waals surface area (Å²) < 4.78 is 0. The van der Waals surface area contributed by atoms with Crippen LogP contribution in [0, 0.1) is 0 Å². The van der Waals surface area contributed by atoms with Crippen LogP contribution in [0.15, 0.2) is 36.0 Å². The molecule has 1 unspecified atom stereocenters. The van der Waals surface area contributed by atoms with Crippen molar-refractivity contribution in [1.29, 1.82) is 0 Å². The number of anilines is 2. The van der Waals surface area contributed by atoms with Gasteiger partial charge in [-0.25, -0.2) is 9.97 Å². The molecule has 3 N–H and O–H groups in total. The van der Waals surface area contributed by atoms with E-state index in [1.165, 1.54) is 17.5 Å². The maximum atomic E-state index is 5.90. The van der Waals surface area contributed by atoms with Gasteiger partial charge in [0.25, 0.3) is 0 Å². The molecule has 0 saturated carbocycles. The summed E-state index contributed by atoms with van der Waals surface area (Å²) in [5.41, 5.74) is 9.45. The number of benzene rings is 1. The van der Waals surface area contributed by atoms with E-state index >= 15 is 0 Å². The van der Waals surface area contributed by atoms with Gasteiger partial charge in [0.05, 0.1) is 11.4 Å². The summed E-state index contributed by atoms with van der Waals surface area (Å²) in [5, 5.41) is 6.76. The van der Waals surface area contributed by atoms with Crippen molar-refractivity contribution >= 4 is 33.1 Å². The minimum absolute atomic E-state index is 0.298. The molecule has 3 aromatic rings. The normalized spacial score (nSPS) is 17.6. The van der Waals surface area contributed by atoms with E-state index in [4.69, 9.17) is 5.73 Å². The van der Waals surface area contributed by atoms with Crippen molar-refractivity contribution in [3.8, 4) is 0 Å². The third-order valence-electron chi connectivity index (χ3n) is 4.05. The van der Waals surface area contributed by atoms with Crippen LogP contribution in [0.2, 0.25) is 0 Å². The third kappa shape index (κ3) is 2.23. The highest BCUT2D eigenvalue weighted by atomic mass is 32.1. The van der Waals surface area contributed by atoms with Crippen LogP contribution < -0.4 is 11.1 Å². The molecule has 4 nitrogen and oxygen atoms in total. The van der Waals surface area contributed by atoms with Crippen LogP contribution in [0.4, 0.5) is 11.5 Å². The number of fused-ring (bicyclic) bond motifs is 2. The smallest absolute Gasteiger partial charge is 0.138 e. The summed E-state index contributed by atoms with van der Waals surface area (Å²) in [6.45, 7) is 0. The molecule has 0 spiro atoms. The number of hydrogen-bond acceptors (Lipinski definition) is 5. The maximum absolute atomic E-state index is 5.90. The highest BCUT2D eigenvalue weighted by Gasteiger charge is 2.21. The van der Waals surface area contributed by atoms with Gasteiger partial charge in [0, 0.05) is 5.69 Å². The fourth-order valence-corrected chi connectivity index (χ4v) is 3.79. The summed E-state index contributed by atoms with van der Waals surface area (Å²) in [6.07, 6.45) is 5.03. The number of hydrogen-bond donors (Lipinski definition) is 2. The first kappa shape index (κ1) is 12.6. The number of rotatable bonds is 2. The first-order valence-electron chi connectivity index (χ1n) is 7.14. The van der Waals surface area contributed by atoms with Crippen LogP contribution in [0.5, 0.6) is 0 Å². The number of nitrogens with zero attached hydrogens (tertiary/aromatic N) is 2. The van der Waals surface area contributed by atoms with E-state index in [1.807, 2.05) is 6.07 Å². The van der Waals surface area contributed by atoms with Crippen LogP contribution in [0.1, 0.15) is 30.0 Å². The Morgan fingerprint density at radius 2 is 2.19 bits per heavy atom. The summed E-state index contributed by atoms with van der Waals surface area (Å²) in [6, 6.07) is 8.61. The van der Waals surface area contributed by atoms with Crippen molar-refractivity contribution < 1.29 is 0 Å². The summed E-state index contributed by atoms with van der Waals surface area (Å²) in [5.74, 6) is 0.927. The lowest BCUT2D eigenvalue weighted by molar-refractivity contribution is 0.599. The second-order valence-corrected chi connectivity index (χ2v) is 6.30. The molecule has 4 rings (SSSR count). The van der Waals surface area contributed by atoms with Crippen molar-refractivity contribution in [3.63, 3.8) is 0 Å². The molecule has 106 valence electrons. The monoisotopic (exact) mass is 296 g/mol. The fraction of sp³-hybridized carbons (Fsp3) is 0.250. The minimum Gasteiger partial charge on any atom is -0.399 e. The van der Waals surface area contributed by atoms with Crippen molar-refractivity contribution in [2.75, 3.05) is 11.1 Å². The molecule has 5 heteroatoms. The molecule has 1 aliphatic rings. The lowest BCUT2D eigenvalue weighted by Crippen LogP contribution is -2.18. The second kappa shape index (κ2) is 5.00. The van der Waals surface area contributed by atoms with Gasteiger partial charge in [0.15, 0.2) is 0 Å². The number of nitrogens with one attached hydrogen (secondary N) is 1. The Balaban J connectivity index is 1.71. The van der Waals surface area contributed by atoms with Gasteiger partial charge in [-0.15, -0.1) is 11.3 Å². The average Bonchev–Trinajstić information content (AvgIpc) is 2.97. The summed E-state index contributed by atoms with van der Waals surface area (Å²) in [7, 11) is 0. The molecule has 0 saturated heterocycles. The lowest BCUT2D eigenvalue weighted by atomic mass is 9.87. The van der Waals surface area contributed by atoms with Gasteiger partial charge >= 0.3 is 0 Å². The molecular formula is C16H16N4S. The zero-order valence-corrected chi connectivity index (χ0v) is 12.4. The van der Waals surface area contributed by atoms with E-state index in [0.717, 1.165) is 34.6 Å². The lowest BCUT2D eigenvalue weighted by Gasteiger charge is -2.27. The van der Waals surface area contributed by atoms with Gasteiger partial charge in [0.1, 0.15) is 17.0 Å². The Bertz CT molecular complexity index is 796. The van der Waals surface area contributed by atoms with Crippen molar-refractivity contribution in [3.05, 3.63) is 47.1 Å². The molecule has 0 aliphatic heterocycles. The Morgan fingerprint density at radius 3 is 3.14 bits per heavy atom. The third-order valence-corrected chi connectivity index (χ3v) is 4.87. The summed E-state index contributed by atoms with van der Waals surface area (Å²) >= 11 is 1.64. The number of nitrogens with two attached hydrogens (primary N) is 1. The van der Waals surface area contributed by atoms with E-state index in [0.29, 0.717) is 6.04 Å². The van der Waals surface area contributed by atoms with Gasteiger partial charge in [-0.05, 0) is 54.0 Å². The molecule has 2 aromatic heterocycles. The Kier molecular flexibility index (Phi) is 3.00. The van der Waals surface area contributed by atoms with Crippen LogP contribution in [-0.4, -0.2) is 9.97 Å². The standard InChI is InChI=1S/C16H16N4S/c17-11-4-5-12-10(8-11)2-1-3-14(12)20-15-13-6-7-21-16(13)19-9-18-15/h4-9,14H,1-3,17H2,(H,18,19,20). The molecule has 0 radical (unpaired) electrons. The molecule has 1 aromatic carbocycles. The van der Waals surface area contributed by atoms with Gasteiger partial charge in [-0.1, -0.05) is 6.07 Å². The minimum atomic E-state index is 0.298. The van der Waals surface area contributed by atoms with Crippen LogP contribution in [0.3, 0.4) is 0 Å². The quantitative estimate of drug-likeness (QED) is 0.707. The van der Waals surface area contributed by atoms with E-state index in [9.17, 15) is 0 Å². The molecule has 21 heavy (non-hydrogen) atoms. The predicted octanol–water partition coefficient (Wildman–Crippen LogP) is 3.76. The van der Waals surface area contributed by atoms with E-state index < -0.39 is 0 Å². The van der Waals surface area contributed by atoms with Gasteiger partial charge < -0.3 is 11.1 Å². The highest BCUT2D eigenvalue weighted by Crippen LogP contribution is 2.35. The number of aryl methyl sites for hydroxylation is 1. The van der Waals surface area contributed by atoms with Crippen LogP contribution >= 0.6 is 11.3 Å². The largest absolute Gasteiger partial charge is 0.399 e. The van der Waals surface area contributed by atoms with Crippen LogP contribution in [0.25, 0.3) is 10.2 Å². The van der Waals surface area contributed by atoms with E-state index in [-0.39, 0.29) is 0 Å². The van der Waals surface area contributed by atoms with E-state index in [1.54, 1.807) is 17.7 Å². The first-order chi connectivity index (χ1) is 10.3. The van der Waals surface area contributed by atoms with E-state index in [2.05, 4.69) is 38.9 Å². The van der Waals surface area contributed by atoms with Crippen molar-refractivity contribution in [1.82, 2.24) is 9.97 Å². The molecule has 1 atom stereocenters. The molecule has 0 fully saturated rings. The Morgan fingerprint density at radius 1 is 1.24 bits per heavy atom. The highest BCUT2D eigenvalue weighted by molar-refractivity contribution is 7.16. The molecule has 0 amide bonds. The Labute approximate surface area is 127 Å². The Hall–Kier alpha value is -2.14. The SMILES string of the molecule is Nc1ccc2c(c1)CCCC2Nc1ncnc2sccc12. The average molecular weight is 296 g/mol. The number of thiophene rings is 1. The second-order valence-electron chi connectivity index (χ2n) is 5.41. The topological polar surface area (TPSA) is 63.8 Å². The molecular weight excluding hydrogens is 280 g/mol. The van der Waals surface area contributed by atoms with Crippen LogP contribution in [-0.2, 0) is 6.42 Å². The van der Waals surface area contributed by atoms with Crippen molar-refractivity contribution in [2.45, 2.75) is 25.3 Å². The maximum Gasteiger partial charge on any atom is 0.138 e. The molecule has 1 aliphatic carbocycles. The number of aromatic nitrogens is 2. The molecule has 2 heterocycles. The predicted molar refractivity (Wildman–Crippen MR) is 87.6 cm³/mol. The van der Waals surface area contributed by atoms with Crippen molar-refractivity contribution in [2.24, 2.45) is 0 Å². The zero-order valence-electron chi connectivity index (χ0n) is 11.5. The number of nitrogen functional groups attached to an aromatic ring is 1. The van der Waals surface area contributed by atoms with Gasteiger partial charge in [-0.3, -0.25) is 0 Å². The fourth-order valence-electron chi connectivity index (χ4n) is 3.05. The van der Waals surface area contributed by atoms with Gasteiger partial charge in [0.2, 0.25) is 0 Å². The first-order valence-corrected chi connectivity index (χ1v) is 8.02. The zero-order chi connectivity index (χ0) is 14.2. The van der Waals surface area contributed by atoms with Gasteiger partial charge in [-0.2, -0.15) is 0 Å². The molecule has 0 bridgehead atoms.